The molecule has 22 heavy (non-hydrogen) atoms. The van der Waals surface area contributed by atoms with Crippen molar-refractivity contribution in [2.24, 2.45) is 4.99 Å². The van der Waals surface area contributed by atoms with Crippen molar-refractivity contribution < 1.29 is 4.74 Å². The second-order valence-corrected chi connectivity index (χ2v) is 4.96. The lowest BCUT2D eigenvalue weighted by Crippen LogP contribution is -2.39. The molecule has 6 nitrogen and oxygen atoms in total. The van der Waals surface area contributed by atoms with Crippen molar-refractivity contribution in [2.75, 3.05) is 33.4 Å². The maximum absolute atomic E-state index is 5.03. The summed E-state index contributed by atoms with van der Waals surface area (Å²) >= 11 is 0. The minimum Gasteiger partial charge on any atom is -0.383 e. The zero-order chi connectivity index (χ0) is 15.6. The Bertz CT molecular complexity index is 593. The van der Waals surface area contributed by atoms with Crippen LogP contribution >= 0.6 is 0 Å². The Kier molecular flexibility index (Phi) is 6.70. The van der Waals surface area contributed by atoms with Crippen molar-refractivity contribution in [1.82, 2.24) is 20.2 Å². The number of nitrogens with one attached hydrogen (secondary N) is 2. The van der Waals surface area contributed by atoms with Crippen LogP contribution in [0.4, 0.5) is 0 Å². The van der Waals surface area contributed by atoms with Gasteiger partial charge in [-0.15, -0.1) is 0 Å². The number of benzene rings is 1. The summed E-state index contributed by atoms with van der Waals surface area (Å²) in [5, 5.41) is 6.47. The molecule has 0 spiro atoms. The van der Waals surface area contributed by atoms with Gasteiger partial charge in [0.05, 0.1) is 24.0 Å². The highest BCUT2D eigenvalue weighted by Crippen LogP contribution is 2.11. The minimum absolute atomic E-state index is 0.672. The van der Waals surface area contributed by atoms with Crippen molar-refractivity contribution in [2.45, 2.75) is 19.9 Å². The van der Waals surface area contributed by atoms with Crippen molar-refractivity contribution in [3.8, 4) is 0 Å². The molecule has 0 unspecified atom stereocenters. The zero-order valence-corrected chi connectivity index (χ0v) is 13.4. The number of hydrogen-bond donors (Lipinski definition) is 2. The van der Waals surface area contributed by atoms with Crippen LogP contribution in [0.15, 0.2) is 35.6 Å². The maximum Gasteiger partial charge on any atom is 0.191 e. The van der Waals surface area contributed by atoms with E-state index in [-0.39, 0.29) is 0 Å². The Hall–Kier alpha value is -2.08. The zero-order valence-electron chi connectivity index (χ0n) is 13.4. The van der Waals surface area contributed by atoms with E-state index in [0.717, 1.165) is 44.1 Å². The summed E-state index contributed by atoms with van der Waals surface area (Å²) in [5.41, 5.74) is 2.22. The smallest absolute Gasteiger partial charge is 0.191 e. The lowest BCUT2D eigenvalue weighted by molar-refractivity contribution is 0.203. The average Bonchev–Trinajstić information content (AvgIpc) is 2.95. The lowest BCUT2D eigenvalue weighted by atomic mass is 10.3. The summed E-state index contributed by atoms with van der Waals surface area (Å²) in [5.74, 6) is 0.843. The van der Waals surface area contributed by atoms with E-state index in [2.05, 4.69) is 38.2 Å². The van der Waals surface area contributed by atoms with Gasteiger partial charge in [0.15, 0.2) is 5.96 Å². The second-order valence-electron chi connectivity index (χ2n) is 4.96. The van der Waals surface area contributed by atoms with Crippen LogP contribution in [0.2, 0.25) is 0 Å². The van der Waals surface area contributed by atoms with Gasteiger partial charge in [-0.1, -0.05) is 12.1 Å². The Morgan fingerprint density at radius 1 is 1.32 bits per heavy atom. The van der Waals surface area contributed by atoms with E-state index >= 15 is 0 Å². The highest BCUT2D eigenvalue weighted by Gasteiger charge is 2.01. The third-order valence-electron chi connectivity index (χ3n) is 3.30. The van der Waals surface area contributed by atoms with Gasteiger partial charge >= 0.3 is 0 Å². The van der Waals surface area contributed by atoms with Crippen molar-refractivity contribution in [3.05, 3.63) is 30.6 Å². The second kappa shape index (κ2) is 9.04. The highest BCUT2D eigenvalue weighted by molar-refractivity contribution is 5.79. The standard InChI is InChI=1S/C16H25N5O/c1-3-17-16(19-10-12-22-2)18-9-6-11-21-13-20-14-7-4-5-8-15(14)21/h4-5,7-8,13H,3,6,9-12H2,1-2H3,(H2,17,18,19). The Morgan fingerprint density at radius 2 is 2.18 bits per heavy atom. The summed E-state index contributed by atoms with van der Waals surface area (Å²) in [6, 6.07) is 8.19. The van der Waals surface area contributed by atoms with Gasteiger partial charge in [-0.3, -0.25) is 4.99 Å². The molecule has 2 rings (SSSR count). The van der Waals surface area contributed by atoms with Crippen LogP contribution in [0, 0.1) is 0 Å². The van der Waals surface area contributed by atoms with Gasteiger partial charge in [-0.25, -0.2) is 4.98 Å². The molecule has 2 N–H and O–H groups in total. The molecule has 0 bridgehead atoms. The fraction of sp³-hybridized carbons (Fsp3) is 0.500. The first-order valence-corrected chi connectivity index (χ1v) is 7.76. The van der Waals surface area contributed by atoms with Gasteiger partial charge in [-0.2, -0.15) is 0 Å². The first kappa shape index (κ1) is 16.3. The first-order chi connectivity index (χ1) is 10.8. The predicted octanol–water partition coefficient (Wildman–Crippen LogP) is 1.63. The van der Waals surface area contributed by atoms with Gasteiger partial charge in [0, 0.05) is 33.3 Å². The number of fused-ring (bicyclic) bond motifs is 1. The van der Waals surface area contributed by atoms with Crippen LogP contribution in [-0.2, 0) is 11.3 Å². The third-order valence-corrected chi connectivity index (χ3v) is 3.30. The van der Waals surface area contributed by atoms with Gasteiger partial charge < -0.3 is 19.9 Å². The summed E-state index contributed by atoms with van der Waals surface area (Å²) in [6.07, 6.45) is 2.87. The Morgan fingerprint density at radius 3 is 3.00 bits per heavy atom. The molecule has 1 aromatic heterocycles. The number of ether oxygens (including phenoxy) is 1. The van der Waals surface area contributed by atoms with E-state index in [4.69, 9.17) is 4.74 Å². The van der Waals surface area contributed by atoms with Crippen LogP contribution in [-0.4, -0.2) is 48.9 Å². The molecule has 2 aromatic rings. The average molecular weight is 303 g/mol. The highest BCUT2D eigenvalue weighted by atomic mass is 16.5. The van der Waals surface area contributed by atoms with E-state index in [1.807, 2.05) is 24.5 Å². The SMILES string of the molecule is CCNC(=NCCCn1cnc2ccccc21)NCCOC. The molecular formula is C16H25N5O. The van der Waals surface area contributed by atoms with Crippen LogP contribution in [0.5, 0.6) is 0 Å². The Labute approximate surface area is 131 Å². The number of nitrogens with zero attached hydrogens (tertiary/aromatic N) is 3. The number of guanidine groups is 1. The number of methoxy groups -OCH3 is 1. The van der Waals surface area contributed by atoms with Crippen LogP contribution < -0.4 is 10.6 Å². The molecule has 0 saturated heterocycles. The quantitative estimate of drug-likeness (QED) is 0.442. The largest absolute Gasteiger partial charge is 0.383 e. The molecule has 0 saturated carbocycles. The molecule has 0 aliphatic rings. The van der Waals surface area contributed by atoms with E-state index in [9.17, 15) is 0 Å². The van der Waals surface area contributed by atoms with Crippen LogP contribution in [0.3, 0.4) is 0 Å². The normalized spacial score (nSPS) is 11.8. The molecule has 120 valence electrons. The number of aliphatic imine (C=N–C) groups is 1. The predicted molar refractivity (Wildman–Crippen MR) is 90.2 cm³/mol. The summed E-state index contributed by atoms with van der Waals surface area (Å²) in [7, 11) is 1.70. The monoisotopic (exact) mass is 303 g/mol. The van der Waals surface area contributed by atoms with E-state index in [0.29, 0.717) is 6.61 Å². The number of para-hydroxylation sites is 2. The molecule has 0 aliphatic carbocycles. The number of aromatic nitrogens is 2. The van der Waals surface area contributed by atoms with Gasteiger partial charge in [-0.05, 0) is 25.5 Å². The van der Waals surface area contributed by atoms with Gasteiger partial charge in [0.25, 0.3) is 0 Å². The van der Waals surface area contributed by atoms with Crippen molar-refractivity contribution in [1.29, 1.82) is 0 Å². The number of aryl methyl sites for hydroxylation is 1. The molecule has 0 amide bonds. The fourth-order valence-corrected chi connectivity index (χ4v) is 2.23. The molecule has 1 heterocycles. The van der Waals surface area contributed by atoms with Crippen molar-refractivity contribution in [3.63, 3.8) is 0 Å². The maximum atomic E-state index is 5.03. The summed E-state index contributed by atoms with van der Waals surface area (Å²) < 4.78 is 7.21. The number of imidazole rings is 1. The summed E-state index contributed by atoms with van der Waals surface area (Å²) in [6.45, 7) is 6.03. The van der Waals surface area contributed by atoms with Gasteiger partial charge in [0.1, 0.15) is 0 Å². The Balaban J connectivity index is 1.82. The minimum atomic E-state index is 0.672. The molecular weight excluding hydrogens is 278 g/mol. The van der Waals surface area contributed by atoms with E-state index < -0.39 is 0 Å². The van der Waals surface area contributed by atoms with Gasteiger partial charge in [0.2, 0.25) is 0 Å². The number of rotatable bonds is 8. The molecule has 0 atom stereocenters. The van der Waals surface area contributed by atoms with Crippen LogP contribution in [0.25, 0.3) is 11.0 Å². The molecule has 0 aliphatic heterocycles. The van der Waals surface area contributed by atoms with Crippen LogP contribution in [0.1, 0.15) is 13.3 Å². The topological polar surface area (TPSA) is 63.5 Å². The summed E-state index contributed by atoms with van der Waals surface area (Å²) in [4.78, 5) is 8.97. The third kappa shape index (κ3) is 4.73. The lowest BCUT2D eigenvalue weighted by Gasteiger charge is -2.10. The van der Waals surface area contributed by atoms with E-state index in [1.54, 1.807) is 7.11 Å². The molecule has 0 radical (unpaired) electrons. The first-order valence-electron chi connectivity index (χ1n) is 7.76. The molecule has 6 heteroatoms. The van der Waals surface area contributed by atoms with E-state index in [1.165, 1.54) is 5.52 Å². The molecule has 0 fully saturated rings. The fourth-order valence-electron chi connectivity index (χ4n) is 2.23. The van der Waals surface area contributed by atoms with Crippen molar-refractivity contribution >= 4 is 17.0 Å². The number of hydrogen-bond acceptors (Lipinski definition) is 3. The molecule has 1 aromatic carbocycles.